The van der Waals surface area contributed by atoms with E-state index >= 15 is 9.59 Å². The predicted octanol–water partition coefficient (Wildman–Crippen LogP) is 10.4. The molecule has 1 saturated carbocycles. The van der Waals surface area contributed by atoms with Gasteiger partial charge in [0.15, 0.2) is 5.82 Å². The van der Waals surface area contributed by atoms with Gasteiger partial charge in [-0.2, -0.15) is 18.2 Å². The zero-order valence-electron chi connectivity index (χ0n) is 35.9. The Morgan fingerprint density at radius 2 is 1.52 bits per heavy atom. The Labute approximate surface area is 398 Å². The molecule has 356 valence electrons. The molecule has 6 atom stereocenters. The van der Waals surface area contributed by atoms with Crippen LogP contribution in [0.2, 0.25) is 10.0 Å². The second kappa shape index (κ2) is 17.5. The molecule has 2 aliphatic carbocycles. The number of methoxy groups -OCH3 is 2. The Bertz CT molecular complexity index is 2980. The van der Waals surface area contributed by atoms with Gasteiger partial charge in [-0.3, -0.25) is 29.5 Å². The number of phenolic OH excluding ortho intramolecular Hbond substituents is 1. The number of fused-ring (bicyclic) bond motifs is 4. The summed E-state index contributed by atoms with van der Waals surface area (Å²) in [6, 6.07) is 20.7. The van der Waals surface area contributed by atoms with Gasteiger partial charge in [0.1, 0.15) is 23.0 Å². The summed E-state index contributed by atoms with van der Waals surface area (Å²) >= 11 is 12.6. The van der Waals surface area contributed by atoms with Crippen LogP contribution in [0.5, 0.6) is 23.0 Å². The van der Waals surface area contributed by atoms with E-state index in [0.29, 0.717) is 34.3 Å². The highest BCUT2D eigenvalue weighted by atomic mass is 35.5. The quantitative estimate of drug-likeness (QED) is 0.0600. The number of hydrogen-bond acceptors (Lipinski definition) is 10. The van der Waals surface area contributed by atoms with Crippen LogP contribution in [0.15, 0.2) is 109 Å². The maximum atomic E-state index is 15.5. The summed E-state index contributed by atoms with van der Waals surface area (Å²) in [6.45, 7) is 0. The van der Waals surface area contributed by atoms with E-state index in [2.05, 4.69) is 15.1 Å². The third kappa shape index (κ3) is 8.18. The first kappa shape index (κ1) is 47.0. The van der Waals surface area contributed by atoms with Gasteiger partial charge in [0.2, 0.25) is 11.8 Å². The number of carbonyl (C=O) groups is 4. The Balaban J connectivity index is 1.14. The maximum Gasteiger partial charge on any atom is 0.573 e. The molecule has 9 rings (SSSR count). The third-order valence-electron chi connectivity index (χ3n) is 13.1. The number of alkyl halides is 6. The number of aromatic nitrogens is 1. The van der Waals surface area contributed by atoms with Crippen molar-refractivity contribution in [2.24, 2.45) is 23.7 Å². The second-order valence-corrected chi connectivity index (χ2v) is 17.6. The van der Waals surface area contributed by atoms with Gasteiger partial charge in [-0.1, -0.05) is 71.3 Å². The number of hydrazine groups is 1. The van der Waals surface area contributed by atoms with E-state index in [1.807, 2.05) is 0 Å². The van der Waals surface area contributed by atoms with Gasteiger partial charge < -0.3 is 19.3 Å². The van der Waals surface area contributed by atoms with Gasteiger partial charge in [0.05, 0.1) is 53.7 Å². The molecule has 3 heterocycles. The maximum absolute atomic E-state index is 15.5. The summed E-state index contributed by atoms with van der Waals surface area (Å²) in [5.41, 5.74) is 0.799. The molecule has 0 bridgehead atoms. The minimum atomic E-state index is -5.21. The zero-order chi connectivity index (χ0) is 49.3. The number of amides is 4. The minimum absolute atomic E-state index is 0.0900. The number of ether oxygens (including phenoxy) is 3. The summed E-state index contributed by atoms with van der Waals surface area (Å²) in [7, 11) is 3.07. The van der Waals surface area contributed by atoms with Gasteiger partial charge in [-0.25, -0.2) is 4.98 Å². The van der Waals surface area contributed by atoms with Gasteiger partial charge in [0.25, 0.3) is 11.8 Å². The molecule has 0 spiro atoms. The topological polar surface area (TPSA) is 148 Å². The molecule has 2 saturated heterocycles. The van der Waals surface area contributed by atoms with Crippen molar-refractivity contribution in [2.45, 2.75) is 36.7 Å². The fraction of sp³-hybridized carbons (Fsp3) is 0.245. The summed E-state index contributed by atoms with van der Waals surface area (Å²) in [4.78, 5) is 64.6. The van der Waals surface area contributed by atoms with Crippen LogP contribution in [0.4, 0.5) is 37.8 Å². The average Bonchev–Trinajstić information content (AvgIpc) is 3.69. The SMILES string of the molecule is COc1ccc(OC)c(C=Cc2ccc(N3C(=O)C4CC=C5C(CC6C(=O)N(Nc7ncc(C(F)(F)F)cc7Cl)C(=O)C6(c6ccc(Cl)cc6)C5c5cc(OC(F)(F)F)ccc5O)C4C3=O)cc2)c1. The number of nitrogens with zero attached hydrogens (tertiary/aromatic N) is 3. The van der Waals surface area contributed by atoms with Crippen LogP contribution >= 0.6 is 23.2 Å². The molecule has 2 N–H and O–H groups in total. The molecule has 4 aliphatic rings. The Morgan fingerprint density at radius 3 is 2.17 bits per heavy atom. The number of nitrogens with one attached hydrogen (secondary N) is 1. The Kier molecular flexibility index (Phi) is 11.9. The summed E-state index contributed by atoms with van der Waals surface area (Å²) in [6.07, 6.45) is -4.80. The van der Waals surface area contributed by atoms with E-state index in [1.54, 1.807) is 60.7 Å². The predicted molar refractivity (Wildman–Crippen MR) is 239 cm³/mol. The van der Waals surface area contributed by atoms with Gasteiger partial charge in [-0.15, -0.1) is 13.2 Å². The molecule has 0 radical (unpaired) electrons. The fourth-order valence-corrected chi connectivity index (χ4v) is 10.6. The van der Waals surface area contributed by atoms with Crippen LogP contribution in [0.3, 0.4) is 0 Å². The molecule has 4 aromatic carbocycles. The van der Waals surface area contributed by atoms with Crippen LogP contribution in [0, 0.1) is 23.7 Å². The van der Waals surface area contributed by atoms with Crippen LogP contribution < -0.4 is 24.5 Å². The average molecular weight is 994 g/mol. The smallest absolute Gasteiger partial charge is 0.508 e. The van der Waals surface area contributed by atoms with E-state index in [1.165, 1.54) is 38.5 Å². The lowest BCUT2D eigenvalue weighted by molar-refractivity contribution is -0.274. The lowest BCUT2D eigenvalue weighted by atomic mass is 9.49. The normalized spacial score (nSPS) is 23.4. The number of rotatable bonds is 10. The largest absolute Gasteiger partial charge is 0.573 e. The molecule has 2 aliphatic heterocycles. The summed E-state index contributed by atoms with van der Waals surface area (Å²) in [5.74, 6) is -10.2. The number of aromatic hydroxyl groups is 1. The first-order chi connectivity index (χ1) is 32.7. The highest BCUT2D eigenvalue weighted by molar-refractivity contribution is 6.33. The van der Waals surface area contributed by atoms with Crippen molar-refractivity contribution in [3.8, 4) is 23.0 Å². The van der Waals surface area contributed by atoms with Crippen LogP contribution in [0.1, 0.15) is 46.6 Å². The highest BCUT2D eigenvalue weighted by Crippen LogP contribution is 2.65. The molecule has 69 heavy (non-hydrogen) atoms. The van der Waals surface area contributed by atoms with Crippen LogP contribution in [-0.2, 0) is 30.8 Å². The summed E-state index contributed by atoms with van der Waals surface area (Å²) in [5, 5.41) is 11.7. The molecule has 1 aromatic heterocycles. The first-order valence-corrected chi connectivity index (χ1v) is 21.8. The van der Waals surface area contributed by atoms with Crippen molar-refractivity contribution in [3.63, 3.8) is 0 Å². The van der Waals surface area contributed by atoms with Crippen LogP contribution in [0.25, 0.3) is 12.2 Å². The molecule has 6 unspecified atom stereocenters. The number of anilines is 2. The number of pyridine rings is 1. The number of halogens is 8. The number of hydrogen-bond donors (Lipinski definition) is 2. The second-order valence-electron chi connectivity index (χ2n) is 16.7. The van der Waals surface area contributed by atoms with Crippen molar-refractivity contribution in [1.82, 2.24) is 9.99 Å². The monoisotopic (exact) mass is 992 g/mol. The molecule has 5 aromatic rings. The van der Waals surface area contributed by atoms with Crippen molar-refractivity contribution < 1.29 is 64.8 Å². The van der Waals surface area contributed by atoms with Crippen LogP contribution in [-0.4, -0.2) is 59.3 Å². The van der Waals surface area contributed by atoms with Crippen molar-refractivity contribution in [2.75, 3.05) is 24.5 Å². The highest BCUT2D eigenvalue weighted by Gasteiger charge is 2.71. The molecule has 12 nitrogen and oxygen atoms in total. The van der Waals surface area contributed by atoms with Gasteiger partial charge >= 0.3 is 12.5 Å². The van der Waals surface area contributed by atoms with E-state index in [9.17, 15) is 41.0 Å². The number of benzene rings is 4. The fourth-order valence-electron chi connectivity index (χ4n) is 10.2. The first-order valence-electron chi connectivity index (χ1n) is 21.1. The third-order valence-corrected chi connectivity index (χ3v) is 13.7. The van der Waals surface area contributed by atoms with Crippen molar-refractivity contribution in [1.29, 1.82) is 0 Å². The lowest BCUT2D eigenvalue weighted by Crippen LogP contribution is -2.53. The molecular weight excluding hydrogens is 957 g/mol. The zero-order valence-corrected chi connectivity index (χ0v) is 37.5. The lowest BCUT2D eigenvalue weighted by Gasteiger charge is -2.50. The number of allylic oxidation sites excluding steroid dienone is 2. The van der Waals surface area contributed by atoms with E-state index in [4.69, 9.17) is 32.7 Å². The number of imide groups is 2. The molecule has 4 amide bonds. The Morgan fingerprint density at radius 1 is 0.812 bits per heavy atom. The van der Waals surface area contributed by atoms with Gasteiger partial charge in [-0.05, 0) is 96.6 Å². The van der Waals surface area contributed by atoms with Crippen molar-refractivity contribution >= 4 is 70.5 Å². The molecule has 3 fully saturated rings. The molecule has 20 heteroatoms. The number of phenols is 1. The minimum Gasteiger partial charge on any atom is -0.508 e. The molecular formula is C49H36Cl2F6N4O8. The standard InChI is InChI=1S/C49H36Cl2F6N4O8/c1-67-30-14-18-39(68-2)25(19-30)6-3-24-4-11-29(12-5-24)60-43(63)33-16-15-32-34(40(33)45(60)65)22-36-44(64)61(59-42-37(51)20-27(23-58-42)48(52,53)54)46(66)47(36,26-7-9-28(50)10-8-26)41(32)35-21-31(13-17-38(35)62)69-49(55,56)57/h3-15,17-21,23,33-34,36,40-41,62H,16,22H2,1-2H3,(H,58,59). The van der Waals surface area contributed by atoms with E-state index in [-0.39, 0.29) is 40.3 Å². The summed E-state index contributed by atoms with van der Waals surface area (Å²) < 4.78 is 97.2. The number of carbonyl (C=O) groups excluding carboxylic acids is 4. The van der Waals surface area contributed by atoms with Crippen molar-refractivity contribution in [3.05, 3.63) is 147 Å². The van der Waals surface area contributed by atoms with Gasteiger partial charge in [0, 0.05) is 28.3 Å². The Hall–Kier alpha value is -7.05. The van der Waals surface area contributed by atoms with E-state index in [0.717, 1.165) is 28.7 Å². The van der Waals surface area contributed by atoms with E-state index < -0.39 is 99.1 Å².